The molecule has 0 aliphatic heterocycles. The van der Waals surface area contributed by atoms with Gasteiger partial charge >= 0.3 is 0 Å². The highest BCUT2D eigenvalue weighted by Gasteiger charge is 2.33. The van der Waals surface area contributed by atoms with E-state index < -0.39 is 0 Å². The van der Waals surface area contributed by atoms with E-state index in [-0.39, 0.29) is 0 Å². The third kappa shape index (κ3) is 7.28. The second-order valence-electron chi connectivity index (χ2n) is 7.24. The van der Waals surface area contributed by atoms with Crippen molar-refractivity contribution in [2.24, 2.45) is 10.4 Å². The number of hydrogen-bond donors (Lipinski definition) is 2. The molecule has 1 saturated carbocycles. The van der Waals surface area contributed by atoms with Crippen LogP contribution in [0, 0.1) is 5.41 Å². The summed E-state index contributed by atoms with van der Waals surface area (Å²) in [5, 5.41) is 6.90. The second kappa shape index (κ2) is 12.6. The lowest BCUT2D eigenvalue weighted by Crippen LogP contribution is -2.43. The van der Waals surface area contributed by atoms with Crippen LogP contribution in [0.15, 0.2) is 23.3 Å². The summed E-state index contributed by atoms with van der Waals surface area (Å²) in [6.45, 7) is 6.21. The number of nitrogens with one attached hydrogen (secondary N) is 2. The molecule has 0 spiro atoms. The molecule has 1 aromatic heterocycles. The van der Waals surface area contributed by atoms with Crippen molar-refractivity contribution in [3.8, 4) is 5.88 Å². The summed E-state index contributed by atoms with van der Waals surface area (Å²) in [7, 11) is 3.46. The highest BCUT2D eigenvalue weighted by atomic mass is 16.5. The lowest BCUT2D eigenvalue weighted by molar-refractivity contribution is 0.105. The van der Waals surface area contributed by atoms with Crippen LogP contribution < -0.4 is 15.4 Å². The van der Waals surface area contributed by atoms with Gasteiger partial charge in [0.25, 0.3) is 0 Å². The zero-order valence-corrected chi connectivity index (χ0v) is 17.6. The fourth-order valence-electron chi connectivity index (χ4n) is 3.65. The first-order valence-electron chi connectivity index (χ1n) is 10.3. The van der Waals surface area contributed by atoms with Gasteiger partial charge in [-0.05, 0) is 37.7 Å². The molecule has 0 unspecified atom stereocenters. The van der Waals surface area contributed by atoms with Gasteiger partial charge in [-0.15, -0.1) is 0 Å². The Morgan fingerprint density at radius 1 is 1.21 bits per heavy atom. The summed E-state index contributed by atoms with van der Waals surface area (Å²) in [5.74, 6) is 1.43. The van der Waals surface area contributed by atoms with Crippen molar-refractivity contribution < 1.29 is 14.2 Å². The van der Waals surface area contributed by atoms with Gasteiger partial charge in [-0.2, -0.15) is 0 Å². The van der Waals surface area contributed by atoms with Gasteiger partial charge in [-0.25, -0.2) is 4.98 Å². The molecular weight excluding hydrogens is 356 g/mol. The largest absolute Gasteiger partial charge is 0.475 e. The third-order valence-electron chi connectivity index (χ3n) is 5.32. The molecule has 7 nitrogen and oxygen atoms in total. The molecule has 0 atom stereocenters. The summed E-state index contributed by atoms with van der Waals surface area (Å²) in [6, 6.07) is 3.92. The number of hydrogen-bond acceptors (Lipinski definition) is 5. The Hall–Kier alpha value is -1.86. The Morgan fingerprint density at radius 3 is 2.75 bits per heavy atom. The molecule has 0 saturated heterocycles. The zero-order valence-electron chi connectivity index (χ0n) is 17.6. The van der Waals surface area contributed by atoms with E-state index in [1.807, 2.05) is 12.1 Å². The molecule has 0 amide bonds. The average molecular weight is 393 g/mol. The maximum atomic E-state index is 5.71. The number of rotatable bonds is 12. The summed E-state index contributed by atoms with van der Waals surface area (Å²) in [6.07, 6.45) is 7.95. The Balaban J connectivity index is 1.86. The molecule has 28 heavy (non-hydrogen) atoms. The minimum absolute atomic E-state index is 0.315. The van der Waals surface area contributed by atoms with Crippen molar-refractivity contribution in [1.29, 1.82) is 0 Å². The van der Waals surface area contributed by atoms with Crippen molar-refractivity contribution in [3.63, 3.8) is 0 Å². The average Bonchev–Trinajstić information content (AvgIpc) is 3.18. The number of methoxy groups -OCH3 is 1. The van der Waals surface area contributed by atoms with Crippen LogP contribution in [0.4, 0.5) is 0 Å². The number of pyridine rings is 1. The third-order valence-corrected chi connectivity index (χ3v) is 5.32. The summed E-state index contributed by atoms with van der Waals surface area (Å²) in [4.78, 5) is 8.70. The first-order valence-corrected chi connectivity index (χ1v) is 10.3. The number of guanidine groups is 1. The molecule has 0 radical (unpaired) electrons. The van der Waals surface area contributed by atoms with E-state index in [0.717, 1.165) is 37.7 Å². The van der Waals surface area contributed by atoms with Gasteiger partial charge in [0.15, 0.2) is 5.96 Å². The maximum absolute atomic E-state index is 5.71. The van der Waals surface area contributed by atoms with Crippen LogP contribution in [0.3, 0.4) is 0 Å². The van der Waals surface area contributed by atoms with Crippen LogP contribution in [0.25, 0.3) is 0 Å². The molecule has 2 N–H and O–H groups in total. The van der Waals surface area contributed by atoms with Crippen LogP contribution in [-0.4, -0.2) is 58.1 Å². The number of aliphatic imine (C=N–C) groups is 1. The van der Waals surface area contributed by atoms with E-state index in [1.54, 1.807) is 20.4 Å². The van der Waals surface area contributed by atoms with Gasteiger partial charge in [-0.1, -0.05) is 18.9 Å². The lowest BCUT2D eigenvalue weighted by Gasteiger charge is -2.30. The summed E-state index contributed by atoms with van der Waals surface area (Å²) in [5.41, 5.74) is 1.31. The predicted molar refractivity (Wildman–Crippen MR) is 112 cm³/mol. The molecule has 158 valence electrons. The molecule has 1 fully saturated rings. The zero-order chi connectivity index (χ0) is 20.1. The van der Waals surface area contributed by atoms with Crippen LogP contribution in [0.1, 0.15) is 44.6 Å². The van der Waals surface area contributed by atoms with E-state index >= 15 is 0 Å². The summed E-state index contributed by atoms with van der Waals surface area (Å²) < 4.78 is 16.4. The Bertz CT molecular complexity index is 589. The first-order chi connectivity index (χ1) is 13.7. The fourth-order valence-corrected chi connectivity index (χ4v) is 3.65. The Kier molecular flexibility index (Phi) is 10.1. The topological polar surface area (TPSA) is 77.0 Å². The van der Waals surface area contributed by atoms with E-state index in [4.69, 9.17) is 14.2 Å². The molecule has 1 heterocycles. The Morgan fingerprint density at radius 2 is 2.04 bits per heavy atom. The van der Waals surface area contributed by atoms with Crippen molar-refractivity contribution in [2.45, 2.75) is 45.6 Å². The van der Waals surface area contributed by atoms with Gasteiger partial charge in [0.2, 0.25) is 5.88 Å². The molecule has 1 aliphatic carbocycles. The fraction of sp³-hybridized carbons (Fsp3) is 0.714. The molecule has 0 aromatic carbocycles. The smallest absolute Gasteiger partial charge is 0.218 e. The van der Waals surface area contributed by atoms with Crippen molar-refractivity contribution in [1.82, 2.24) is 15.6 Å². The van der Waals surface area contributed by atoms with E-state index in [1.165, 1.54) is 25.7 Å². The molecule has 0 bridgehead atoms. The van der Waals surface area contributed by atoms with E-state index in [2.05, 4.69) is 27.5 Å². The molecule has 7 heteroatoms. The molecule has 2 rings (SSSR count). The van der Waals surface area contributed by atoms with Crippen molar-refractivity contribution in [3.05, 3.63) is 23.9 Å². The van der Waals surface area contributed by atoms with Gasteiger partial charge < -0.3 is 24.8 Å². The number of aromatic nitrogens is 1. The second-order valence-corrected chi connectivity index (χ2v) is 7.24. The van der Waals surface area contributed by atoms with Gasteiger partial charge in [0.05, 0.1) is 6.61 Å². The molecule has 1 aromatic rings. The SMILES string of the molecule is CCOCCC1(CNC(=NC)NCc2cccnc2OCCOC)CCCC1. The van der Waals surface area contributed by atoms with Crippen LogP contribution >= 0.6 is 0 Å². The normalized spacial score (nSPS) is 16.2. The highest BCUT2D eigenvalue weighted by Crippen LogP contribution is 2.40. The van der Waals surface area contributed by atoms with Crippen molar-refractivity contribution in [2.75, 3.05) is 47.1 Å². The van der Waals surface area contributed by atoms with Crippen LogP contribution in [0.5, 0.6) is 5.88 Å². The minimum atomic E-state index is 0.315. The molecular formula is C21H36N4O3. The highest BCUT2D eigenvalue weighted by molar-refractivity contribution is 5.79. The predicted octanol–water partition coefficient (Wildman–Crippen LogP) is 2.76. The van der Waals surface area contributed by atoms with Gasteiger partial charge in [0.1, 0.15) is 6.61 Å². The number of ether oxygens (including phenoxy) is 3. The van der Waals surface area contributed by atoms with Crippen molar-refractivity contribution >= 4 is 5.96 Å². The maximum Gasteiger partial charge on any atom is 0.218 e. The minimum Gasteiger partial charge on any atom is -0.475 e. The van der Waals surface area contributed by atoms with Gasteiger partial charge in [0, 0.05) is 52.2 Å². The summed E-state index contributed by atoms with van der Waals surface area (Å²) >= 11 is 0. The van der Waals surface area contributed by atoms with E-state index in [9.17, 15) is 0 Å². The number of nitrogens with zero attached hydrogens (tertiary/aromatic N) is 2. The standard InChI is InChI=1S/C21H36N4O3/c1-4-27-13-11-21(9-5-6-10-21)17-25-20(22-2)24-16-18-8-7-12-23-19(18)28-15-14-26-3/h7-8,12H,4-6,9-11,13-17H2,1-3H3,(H2,22,24,25). The Labute approximate surface area is 169 Å². The lowest BCUT2D eigenvalue weighted by atomic mass is 9.83. The molecule has 1 aliphatic rings. The van der Waals surface area contributed by atoms with Crippen LogP contribution in [-0.2, 0) is 16.0 Å². The monoisotopic (exact) mass is 392 g/mol. The quantitative estimate of drug-likeness (QED) is 0.324. The van der Waals surface area contributed by atoms with E-state index in [0.29, 0.717) is 31.1 Å². The van der Waals surface area contributed by atoms with Crippen LogP contribution in [0.2, 0.25) is 0 Å². The van der Waals surface area contributed by atoms with Gasteiger partial charge in [-0.3, -0.25) is 4.99 Å². The first kappa shape index (κ1) is 22.4.